The standard InChI is InChI=1S/C18H23BrF2N2O3/c1-18(2,3)26-17(25)22-10-11-6-8-23(9-7-11)16(24)14-13(20)5-4-12(19)15(14)21/h4-5,11H,6-10H2,1-3H3,(H,22,25). The molecule has 1 heterocycles. The molecule has 1 aliphatic rings. The van der Waals surface area contributed by atoms with Crippen LogP contribution in [0.3, 0.4) is 0 Å². The zero-order valence-electron chi connectivity index (χ0n) is 15.1. The average molecular weight is 433 g/mol. The molecule has 144 valence electrons. The zero-order valence-corrected chi connectivity index (χ0v) is 16.7. The van der Waals surface area contributed by atoms with Gasteiger partial charge in [0.1, 0.15) is 17.0 Å². The summed E-state index contributed by atoms with van der Waals surface area (Å²) in [7, 11) is 0. The topological polar surface area (TPSA) is 58.6 Å². The molecule has 2 amide bonds. The van der Waals surface area contributed by atoms with Gasteiger partial charge < -0.3 is 15.0 Å². The monoisotopic (exact) mass is 432 g/mol. The molecule has 8 heteroatoms. The van der Waals surface area contributed by atoms with Crippen LogP contribution >= 0.6 is 15.9 Å². The Morgan fingerprint density at radius 2 is 1.88 bits per heavy atom. The SMILES string of the molecule is CC(C)(C)OC(=O)NCC1CCN(C(=O)c2c(F)ccc(Br)c2F)CC1. The maximum absolute atomic E-state index is 14.1. The first kappa shape index (κ1) is 20.6. The van der Waals surface area contributed by atoms with Crippen LogP contribution in [0.5, 0.6) is 0 Å². The smallest absolute Gasteiger partial charge is 0.407 e. The lowest BCUT2D eigenvalue weighted by molar-refractivity contribution is 0.0499. The molecule has 1 aliphatic heterocycles. The molecule has 0 unspecified atom stereocenters. The van der Waals surface area contributed by atoms with Gasteiger partial charge in [-0.3, -0.25) is 4.79 Å². The Morgan fingerprint density at radius 1 is 1.27 bits per heavy atom. The zero-order chi connectivity index (χ0) is 19.5. The molecule has 2 rings (SSSR count). The van der Waals surface area contributed by atoms with E-state index in [2.05, 4.69) is 21.2 Å². The third-order valence-corrected chi connectivity index (χ3v) is 4.71. The van der Waals surface area contributed by atoms with Gasteiger partial charge in [0, 0.05) is 19.6 Å². The molecule has 1 N–H and O–H groups in total. The summed E-state index contributed by atoms with van der Waals surface area (Å²) >= 11 is 2.97. The van der Waals surface area contributed by atoms with Crippen LogP contribution in [0, 0.1) is 17.6 Å². The summed E-state index contributed by atoms with van der Waals surface area (Å²) in [5.41, 5.74) is -1.09. The molecular formula is C18H23BrF2N2O3. The van der Waals surface area contributed by atoms with Gasteiger partial charge in [0.05, 0.1) is 4.47 Å². The fourth-order valence-electron chi connectivity index (χ4n) is 2.76. The van der Waals surface area contributed by atoms with Crippen LogP contribution in [0.2, 0.25) is 0 Å². The number of benzene rings is 1. The number of hydrogen-bond acceptors (Lipinski definition) is 3. The lowest BCUT2D eigenvalue weighted by Gasteiger charge is -2.32. The number of halogens is 3. The second-order valence-electron chi connectivity index (χ2n) is 7.34. The molecule has 0 aliphatic carbocycles. The van der Waals surface area contributed by atoms with Crippen LogP contribution in [-0.2, 0) is 4.74 Å². The van der Waals surface area contributed by atoms with Crippen molar-refractivity contribution >= 4 is 27.9 Å². The lowest BCUT2D eigenvalue weighted by Crippen LogP contribution is -2.42. The molecule has 0 aromatic heterocycles. The van der Waals surface area contributed by atoms with E-state index in [9.17, 15) is 18.4 Å². The molecule has 1 aromatic rings. The third kappa shape index (κ3) is 5.40. The first-order valence-corrected chi connectivity index (χ1v) is 9.27. The summed E-state index contributed by atoms with van der Waals surface area (Å²) in [6.07, 6.45) is 0.798. The summed E-state index contributed by atoms with van der Waals surface area (Å²) in [5, 5.41) is 2.72. The molecule has 0 radical (unpaired) electrons. The van der Waals surface area contributed by atoms with Crippen molar-refractivity contribution in [1.29, 1.82) is 0 Å². The highest BCUT2D eigenvalue weighted by atomic mass is 79.9. The number of alkyl carbamates (subject to hydrolysis) is 1. The molecule has 1 fully saturated rings. The Labute approximate surface area is 160 Å². The van der Waals surface area contributed by atoms with Gasteiger partial charge in [-0.05, 0) is 67.6 Å². The van der Waals surface area contributed by atoms with Crippen LogP contribution in [0.15, 0.2) is 16.6 Å². The van der Waals surface area contributed by atoms with Crippen molar-refractivity contribution in [2.45, 2.75) is 39.2 Å². The number of nitrogens with zero attached hydrogens (tertiary/aromatic N) is 1. The second kappa shape index (κ2) is 8.33. The molecule has 0 bridgehead atoms. The van der Waals surface area contributed by atoms with Crippen LogP contribution in [0.4, 0.5) is 13.6 Å². The van der Waals surface area contributed by atoms with Crippen LogP contribution < -0.4 is 5.32 Å². The largest absolute Gasteiger partial charge is 0.444 e. The van der Waals surface area contributed by atoms with E-state index in [0.29, 0.717) is 32.5 Å². The normalized spacial score (nSPS) is 15.7. The molecular weight excluding hydrogens is 410 g/mol. The first-order valence-electron chi connectivity index (χ1n) is 8.48. The van der Waals surface area contributed by atoms with Gasteiger partial charge in [0.15, 0.2) is 5.82 Å². The molecule has 0 saturated carbocycles. The van der Waals surface area contributed by atoms with Crippen molar-refractivity contribution in [3.05, 3.63) is 33.8 Å². The predicted molar refractivity (Wildman–Crippen MR) is 96.9 cm³/mol. The van der Waals surface area contributed by atoms with Crippen LogP contribution in [-0.4, -0.2) is 42.1 Å². The molecule has 26 heavy (non-hydrogen) atoms. The van der Waals surface area contributed by atoms with Gasteiger partial charge in [-0.15, -0.1) is 0 Å². The number of ether oxygens (including phenoxy) is 1. The molecule has 0 spiro atoms. The Balaban J connectivity index is 1.88. The summed E-state index contributed by atoms with van der Waals surface area (Å²) < 4.78 is 33.2. The fourth-order valence-corrected chi connectivity index (χ4v) is 3.09. The van der Waals surface area contributed by atoms with Crippen molar-refractivity contribution < 1.29 is 23.1 Å². The number of carbonyl (C=O) groups is 2. The Hall–Kier alpha value is -1.70. The number of piperidine rings is 1. The van der Waals surface area contributed by atoms with Crippen LogP contribution in [0.25, 0.3) is 0 Å². The molecule has 1 saturated heterocycles. The molecule has 1 aromatic carbocycles. The van der Waals surface area contributed by atoms with Crippen molar-refractivity contribution in [3.8, 4) is 0 Å². The van der Waals surface area contributed by atoms with Crippen molar-refractivity contribution in [3.63, 3.8) is 0 Å². The van der Waals surface area contributed by atoms with E-state index >= 15 is 0 Å². The quantitative estimate of drug-likeness (QED) is 0.731. The second-order valence-corrected chi connectivity index (χ2v) is 8.19. The van der Waals surface area contributed by atoms with Gasteiger partial charge in [0.2, 0.25) is 0 Å². The predicted octanol–water partition coefficient (Wildman–Crippen LogP) is 4.10. The van der Waals surface area contributed by atoms with Gasteiger partial charge in [-0.1, -0.05) is 0 Å². The number of likely N-dealkylation sites (tertiary alicyclic amines) is 1. The Bertz CT molecular complexity index is 684. The number of rotatable bonds is 3. The van der Waals surface area contributed by atoms with Gasteiger partial charge in [0.25, 0.3) is 5.91 Å². The summed E-state index contributed by atoms with van der Waals surface area (Å²) in [5.74, 6) is -2.23. The summed E-state index contributed by atoms with van der Waals surface area (Å²) in [4.78, 5) is 25.6. The minimum atomic E-state index is -0.885. The summed E-state index contributed by atoms with van der Waals surface area (Å²) in [6, 6.07) is 2.30. The van der Waals surface area contributed by atoms with E-state index < -0.39 is 34.8 Å². The molecule has 0 atom stereocenters. The third-order valence-electron chi connectivity index (χ3n) is 4.09. The van der Waals surface area contributed by atoms with E-state index in [4.69, 9.17) is 4.74 Å². The van der Waals surface area contributed by atoms with Gasteiger partial charge >= 0.3 is 6.09 Å². The number of nitrogens with one attached hydrogen (secondary N) is 1. The van der Waals surface area contributed by atoms with Crippen molar-refractivity contribution in [2.24, 2.45) is 5.92 Å². The minimum Gasteiger partial charge on any atom is -0.444 e. The van der Waals surface area contributed by atoms with Gasteiger partial charge in [-0.2, -0.15) is 0 Å². The van der Waals surface area contributed by atoms with Crippen molar-refractivity contribution in [2.75, 3.05) is 19.6 Å². The number of carbonyl (C=O) groups excluding carboxylic acids is 2. The molecule has 5 nitrogen and oxygen atoms in total. The average Bonchev–Trinajstić information content (AvgIpc) is 2.55. The highest BCUT2D eigenvalue weighted by molar-refractivity contribution is 9.10. The maximum Gasteiger partial charge on any atom is 0.407 e. The first-order chi connectivity index (χ1) is 12.1. The van der Waals surface area contributed by atoms with Gasteiger partial charge in [-0.25, -0.2) is 13.6 Å². The summed E-state index contributed by atoms with van der Waals surface area (Å²) in [6.45, 7) is 6.57. The van der Waals surface area contributed by atoms with E-state index in [1.807, 2.05) is 0 Å². The van der Waals surface area contributed by atoms with Crippen LogP contribution in [0.1, 0.15) is 44.0 Å². The lowest BCUT2D eigenvalue weighted by atomic mass is 9.96. The van der Waals surface area contributed by atoms with E-state index in [1.54, 1.807) is 20.8 Å². The maximum atomic E-state index is 14.1. The number of hydrogen-bond donors (Lipinski definition) is 1. The minimum absolute atomic E-state index is 0.0543. The van der Waals surface area contributed by atoms with Crippen molar-refractivity contribution in [1.82, 2.24) is 10.2 Å². The highest BCUT2D eigenvalue weighted by Crippen LogP contribution is 2.25. The number of amides is 2. The highest BCUT2D eigenvalue weighted by Gasteiger charge is 2.28. The Morgan fingerprint density at radius 3 is 2.46 bits per heavy atom. The van der Waals surface area contributed by atoms with E-state index in [0.717, 1.165) is 6.07 Å². The van der Waals surface area contributed by atoms with E-state index in [-0.39, 0.29) is 10.4 Å². The Kier molecular flexibility index (Phi) is 6.60. The van der Waals surface area contributed by atoms with E-state index in [1.165, 1.54) is 11.0 Å². The fraction of sp³-hybridized carbons (Fsp3) is 0.556.